The molecule has 1 heterocycles. The number of hydrogen-bond donors (Lipinski definition) is 2. The van der Waals surface area contributed by atoms with E-state index in [0.29, 0.717) is 0 Å². The molecule has 0 saturated carbocycles. The van der Waals surface area contributed by atoms with Crippen molar-refractivity contribution < 1.29 is 8.81 Å². The number of rotatable bonds is 8. The lowest BCUT2D eigenvalue weighted by Crippen LogP contribution is -2.23. The topological polar surface area (TPSA) is 51.2 Å². The quantitative estimate of drug-likeness (QED) is 0.774. The Morgan fingerprint density at radius 2 is 1.90 bits per heavy atom. The average Bonchev–Trinajstić information content (AvgIpc) is 3.02. The Balaban J connectivity index is 1.93. The highest BCUT2D eigenvalue weighted by Gasteiger charge is 2.14. The molecule has 0 amide bonds. The zero-order chi connectivity index (χ0) is 15.1. The first-order chi connectivity index (χ1) is 10.2. The van der Waals surface area contributed by atoms with E-state index in [1.165, 1.54) is 12.1 Å². The maximum absolute atomic E-state index is 12.9. The van der Waals surface area contributed by atoms with Crippen LogP contribution in [0.5, 0.6) is 0 Å². The molecule has 0 radical (unpaired) electrons. The van der Waals surface area contributed by atoms with Crippen LogP contribution in [0, 0.1) is 5.82 Å². The van der Waals surface area contributed by atoms with Crippen molar-refractivity contribution >= 4 is 0 Å². The summed E-state index contributed by atoms with van der Waals surface area (Å²) in [6.45, 7) is 3.10. The molecule has 0 aliphatic rings. The average molecular weight is 290 g/mol. The molecule has 2 unspecified atom stereocenters. The second kappa shape index (κ2) is 7.96. The van der Waals surface area contributed by atoms with Gasteiger partial charge in [-0.1, -0.05) is 19.1 Å². The number of benzene rings is 1. The van der Waals surface area contributed by atoms with Gasteiger partial charge in [0.2, 0.25) is 0 Å². The lowest BCUT2D eigenvalue weighted by Gasteiger charge is -2.19. The molecule has 0 bridgehead atoms. The minimum absolute atomic E-state index is 0.0802. The summed E-state index contributed by atoms with van der Waals surface area (Å²) in [6, 6.07) is 8.57. The van der Waals surface area contributed by atoms with Crippen LogP contribution in [-0.2, 0) is 0 Å². The maximum Gasteiger partial charge on any atom is 0.123 e. The normalized spacial score (nSPS) is 14.0. The molecule has 3 N–H and O–H groups in total. The molecule has 1 aromatic heterocycles. The van der Waals surface area contributed by atoms with E-state index in [4.69, 9.17) is 10.2 Å². The second-order valence-electron chi connectivity index (χ2n) is 5.30. The van der Waals surface area contributed by atoms with Gasteiger partial charge in [-0.3, -0.25) is 0 Å². The van der Waals surface area contributed by atoms with Gasteiger partial charge >= 0.3 is 0 Å². The first-order valence-corrected chi connectivity index (χ1v) is 7.47. The molecule has 0 aliphatic heterocycles. The lowest BCUT2D eigenvalue weighted by atomic mass is 9.97. The van der Waals surface area contributed by atoms with Gasteiger partial charge in [0.25, 0.3) is 0 Å². The van der Waals surface area contributed by atoms with E-state index in [0.717, 1.165) is 36.9 Å². The van der Waals surface area contributed by atoms with Gasteiger partial charge in [0.1, 0.15) is 5.82 Å². The third-order valence-electron chi connectivity index (χ3n) is 3.65. The molecule has 1 aromatic carbocycles. The fraction of sp³-hybridized carbons (Fsp3) is 0.412. The third kappa shape index (κ3) is 4.69. The van der Waals surface area contributed by atoms with E-state index >= 15 is 0 Å². The monoisotopic (exact) mass is 290 g/mol. The van der Waals surface area contributed by atoms with Crippen LogP contribution in [0.15, 0.2) is 47.3 Å². The predicted molar refractivity (Wildman–Crippen MR) is 82.3 cm³/mol. The van der Waals surface area contributed by atoms with Crippen molar-refractivity contribution in [1.82, 2.24) is 5.32 Å². The summed E-state index contributed by atoms with van der Waals surface area (Å²) in [5, 5.41) is 3.51. The molecule has 21 heavy (non-hydrogen) atoms. The third-order valence-corrected chi connectivity index (χ3v) is 3.65. The Morgan fingerprint density at radius 1 is 1.14 bits per heavy atom. The van der Waals surface area contributed by atoms with Crippen molar-refractivity contribution in [2.24, 2.45) is 5.73 Å². The van der Waals surface area contributed by atoms with Crippen molar-refractivity contribution in [3.63, 3.8) is 0 Å². The highest BCUT2D eigenvalue weighted by molar-refractivity contribution is 5.20. The molecular weight excluding hydrogens is 267 g/mol. The lowest BCUT2D eigenvalue weighted by molar-refractivity contribution is 0.453. The smallest absolute Gasteiger partial charge is 0.123 e. The molecule has 0 spiro atoms. The fourth-order valence-electron chi connectivity index (χ4n) is 2.40. The van der Waals surface area contributed by atoms with Gasteiger partial charge in [0.15, 0.2) is 0 Å². The van der Waals surface area contributed by atoms with Crippen molar-refractivity contribution in [2.75, 3.05) is 6.54 Å². The summed E-state index contributed by atoms with van der Waals surface area (Å²) in [5.74, 6) is -0.230. The van der Waals surface area contributed by atoms with Crippen molar-refractivity contribution in [3.05, 3.63) is 59.8 Å². The van der Waals surface area contributed by atoms with Gasteiger partial charge in [0, 0.05) is 17.6 Å². The predicted octanol–water partition coefficient (Wildman–Crippen LogP) is 3.94. The van der Waals surface area contributed by atoms with Crippen LogP contribution in [0.2, 0.25) is 0 Å². The molecule has 2 aromatic rings. The molecule has 0 saturated heterocycles. The van der Waals surface area contributed by atoms with Crippen molar-refractivity contribution in [2.45, 2.75) is 38.3 Å². The van der Waals surface area contributed by atoms with E-state index in [2.05, 4.69) is 12.2 Å². The number of furan rings is 1. The first-order valence-electron chi connectivity index (χ1n) is 7.47. The summed E-state index contributed by atoms with van der Waals surface area (Å²) >= 11 is 0. The standard InChI is InChI=1S/C17H23FN2O/c1-2-10-20-17(14-9-11-21-12-14)8-7-16(19)13-3-5-15(18)6-4-13/h3-6,9,11-12,16-17,20H,2,7-8,10,19H2,1H3. The summed E-state index contributed by atoms with van der Waals surface area (Å²) in [5.41, 5.74) is 8.32. The molecule has 2 rings (SSSR count). The first kappa shape index (κ1) is 15.7. The van der Waals surface area contributed by atoms with Gasteiger partial charge in [0.05, 0.1) is 12.5 Å². The maximum atomic E-state index is 12.9. The second-order valence-corrected chi connectivity index (χ2v) is 5.30. The summed E-state index contributed by atoms with van der Waals surface area (Å²) in [6.07, 6.45) is 6.29. The summed E-state index contributed by atoms with van der Waals surface area (Å²) in [4.78, 5) is 0. The molecular formula is C17H23FN2O. The van der Waals surface area contributed by atoms with Crippen LogP contribution in [0.3, 0.4) is 0 Å². The van der Waals surface area contributed by atoms with Gasteiger partial charge in [-0.2, -0.15) is 0 Å². The molecule has 114 valence electrons. The van der Waals surface area contributed by atoms with E-state index < -0.39 is 0 Å². The molecule has 2 atom stereocenters. The van der Waals surface area contributed by atoms with Gasteiger partial charge in [-0.05, 0) is 49.6 Å². The van der Waals surface area contributed by atoms with Gasteiger partial charge < -0.3 is 15.5 Å². The van der Waals surface area contributed by atoms with Crippen LogP contribution >= 0.6 is 0 Å². The van der Waals surface area contributed by atoms with Crippen LogP contribution in [0.25, 0.3) is 0 Å². The van der Waals surface area contributed by atoms with Crippen LogP contribution in [0.4, 0.5) is 4.39 Å². The number of halogens is 1. The Morgan fingerprint density at radius 3 is 2.52 bits per heavy atom. The fourth-order valence-corrected chi connectivity index (χ4v) is 2.40. The van der Waals surface area contributed by atoms with E-state index in [9.17, 15) is 4.39 Å². The SMILES string of the molecule is CCCNC(CCC(N)c1ccc(F)cc1)c1ccoc1. The number of hydrogen-bond acceptors (Lipinski definition) is 3. The Hall–Kier alpha value is -1.65. The van der Waals surface area contributed by atoms with Gasteiger partial charge in [-0.15, -0.1) is 0 Å². The Labute approximate surface area is 125 Å². The van der Waals surface area contributed by atoms with Crippen molar-refractivity contribution in [1.29, 1.82) is 0 Å². The summed E-state index contributed by atoms with van der Waals surface area (Å²) < 4.78 is 18.1. The largest absolute Gasteiger partial charge is 0.472 e. The van der Waals surface area contributed by atoms with Crippen LogP contribution in [0.1, 0.15) is 49.4 Å². The minimum atomic E-state index is -0.230. The number of nitrogens with two attached hydrogens (primary N) is 1. The Bertz CT molecular complexity index is 510. The highest BCUT2D eigenvalue weighted by Crippen LogP contribution is 2.24. The van der Waals surface area contributed by atoms with Gasteiger partial charge in [-0.25, -0.2) is 4.39 Å². The zero-order valence-corrected chi connectivity index (χ0v) is 12.4. The molecule has 0 aliphatic carbocycles. The molecule has 0 fully saturated rings. The highest BCUT2D eigenvalue weighted by atomic mass is 19.1. The van der Waals surface area contributed by atoms with Crippen LogP contribution < -0.4 is 11.1 Å². The van der Waals surface area contributed by atoms with E-state index in [-0.39, 0.29) is 17.9 Å². The van der Waals surface area contributed by atoms with Crippen molar-refractivity contribution in [3.8, 4) is 0 Å². The van der Waals surface area contributed by atoms with E-state index in [1.807, 2.05) is 6.07 Å². The minimum Gasteiger partial charge on any atom is -0.472 e. The zero-order valence-electron chi connectivity index (χ0n) is 12.4. The molecule has 3 nitrogen and oxygen atoms in total. The Kier molecular flexibility index (Phi) is 5.96. The van der Waals surface area contributed by atoms with E-state index in [1.54, 1.807) is 24.7 Å². The molecule has 4 heteroatoms. The number of nitrogens with one attached hydrogen (secondary N) is 1. The summed E-state index contributed by atoms with van der Waals surface area (Å²) in [7, 11) is 0. The van der Waals surface area contributed by atoms with Crippen LogP contribution in [-0.4, -0.2) is 6.54 Å².